The molecule has 6 saturated carbocycles. The molecule has 0 amide bonds. The molecule has 6 rings (SSSR count). The van der Waals surface area contributed by atoms with Gasteiger partial charge in [0.2, 0.25) is 0 Å². The summed E-state index contributed by atoms with van der Waals surface area (Å²) < 4.78 is 16.5. The summed E-state index contributed by atoms with van der Waals surface area (Å²) in [5, 5.41) is 0. The molecule has 2 atom stereocenters. The number of halogens is 1. The quantitative estimate of drug-likeness (QED) is 0.197. The summed E-state index contributed by atoms with van der Waals surface area (Å²) in [5.74, 6) is 0. The van der Waals surface area contributed by atoms with Crippen LogP contribution < -0.4 is 0 Å². The van der Waals surface area contributed by atoms with Crippen LogP contribution in [0, 0.1) is 0 Å². The van der Waals surface area contributed by atoms with Crippen molar-refractivity contribution in [1.29, 1.82) is 0 Å². The molecule has 0 aromatic heterocycles. The maximum atomic E-state index is 10.6. The van der Waals surface area contributed by atoms with Crippen molar-refractivity contribution in [2.24, 2.45) is 0 Å². The summed E-state index contributed by atoms with van der Waals surface area (Å²) in [6.07, 6.45) is 42.7. The fraction of sp³-hybridized carbons (Fsp3) is 1.00. The Balaban J connectivity index is 0.000000196. The summed E-state index contributed by atoms with van der Waals surface area (Å²) in [4.78, 5) is 0. The molecule has 236 valence electrons. The van der Waals surface area contributed by atoms with Crippen LogP contribution in [0.25, 0.3) is 0 Å². The molecule has 5 heteroatoms. The molecule has 6 aliphatic carbocycles. The molecule has 0 bridgehead atoms. The van der Waals surface area contributed by atoms with E-state index < -0.39 is 6.39 Å². The second-order valence-electron chi connectivity index (χ2n) is 14.1. The molecule has 2 unspecified atom stereocenters. The summed E-state index contributed by atoms with van der Waals surface area (Å²) in [6.45, 7) is 0. The van der Waals surface area contributed by atoms with Crippen molar-refractivity contribution in [2.75, 3.05) is 6.39 Å². The monoisotopic (exact) mass is 655 g/mol. The Morgan fingerprint density at radius 3 is 0.675 bits per heavy atom. The van der Waals surface area contributed by atoms with Crippen LogP contribution in [0.3, 0.4) is 0 Å². The molecule has 0 nitrogen and oxygen atoms in total. The van der Waals surface area contributed by atoms with Gasteiger partial charge in [0.15, 0.2) is 0 Å². The first-order chi connectivity index (χ1) is 19.6. The number of rotatable bonds is 6. The Bertz CT molecular complexity index is 543. The Labute approximate surface area is 267 Å². The van der Waals surface area contributed by atoms with Crippen LogP contribution >= 0.6 is 25.1 Å². The SMILES string of the molecule is C1CCC(P(C2CCCCC2)C2CCCC2)CC1.C1CCC(P(C2CCCCC2)C2CCCC2)CC1.[2H]C(F)P.[Fe]. The summed E-state index contributed by atoms with van der Waals surface area (Å²) in [5.41, 5.74) is 7.18. The van der Waals surface area contributed by atoms with Gasteiger partial charge in [-0.05, 0) is 111 Å². The van der Waals surface area contributed by atoms with Crippen LogP contribution in [-0.4, -0.2) is 40.3 Å². The van der Waals surface area contributed by atoms with Gasteiger partial charge in [0.25, 0.3) is 0 Å². The fourth-order valence-electron chi connectivity index (χ4n) is 9.71. The van der Waals surface area contributed by atoms with Crippen molar-refractivity contribution in [3.05, 3.63) is 0 Å². The van der Waals surface area contributed by atoms with Gasteiger partial charge in [-0.1, -0.05) is 119 Å². The number of hydrogen-bond donors (Lipinski definition) is 0. The Hall–Kier alpha value is 1.74. The molecule has 6 fully saturated rings. The van der Waals surface area contributed by atoms with Gasteiger partial charge < -0.3 is 0 Å². The van der Waals surface area contributed by atoms with E-state index in [9.17, 15) is 4.39 Å². The summed E-state index contributed by atoms with van der Waals surface area (Å²) in [7, 11) is 2.46. The van der Waals surface area contributed by atoms with Crippen LogP contribution in [0.15, 0.2) is 0 Å². The summed E-state index contributed by atoms with van der Waals surface area (Å²) in [6, 6.07) is 0. The first kappa shape index (κ1) is 34.6. The minimum absolute atomic E-state index is 0. The number of alkyl halides is 1. The average molecular weight is 656 g/mol. The molecule has 6 aliphatic rings. The maximum absolute atomic E-state index is 10.6. The Morgan fingerprint density at radius 2 is 0.525 bits per heavy atom. The van der Waals surface area contributed by atoms with Crippen LogP contribution in [-0.2, 0) is 17.1 Å². The zero-order chi connectivity index (χ0) is 28.0. The van der Waals surface area contributed by atoms with E-state index >= 15 is 0 Å². The normalized spacial score (nSPS) is 27.9. The molecular formula is C35H66FFeP3. The van der Waals surface area contributed by atoms with E-state index in [0.717, 1.165) is 0 Å². The van der Waals surface area contributed by atoms with Gasteiger partial charge in [0.05, 0.1) is 1.37 Å². The van der Waals surface area contributed by atoms with E-state index in [2.05, 4.69) is 0 Å². The Morgan fingerprint density at radius 1 is 0.400 bits per heavy atom. The van der Waals surface area contributed by atoms with E-state index in [1.54, 1.807) is 163 Å². The van der Waals surface area contributed by atoms with Gasteiger partial charge in [-0.15, -0.1) is 9.24 Å². The standard InChI is InChI=1S/2C17H31P.CH4FP.Fe/c2*1-3-9-15(10-4-1)18(17-13-7-8-14-17)16-11-5-2-6-12-16;2-1-3;/h2*15-17H,1-14H2;1,3H2;/i;;1D;. The summed E-state index contributed by atoms with van der Waals surface area (Å²) >= 11 is 0. The molecule has 40 heavy (non-hydrogen) atoms. The van der Waals surface area contributed by atoms with Crippen LogP contribution in [0.1, 0.15) is 181 Å². The van der Waals surface area contributed by atoms with Crippen molar-refractivity contribution in [3.63, 3.8) is 0 Å². The molecule has 0 saturated heterocycles. The first-order valence-corrected chi connectivity index (χ1v) is 21.8. The Kier molecular flexibility index (Phi) is 18.6. The van der Waals surface area contributed by atoms with Gasteiger partial charge in [0.1, 0.15) is 6.39 Å². The van der Waals surface area contributed by atoms with Crippen molar-refractivity contribution < 1.29 is 22.8 Å². The smallest absolute Gasteiger partial charge is 0.103 e. The fourth-order valence-corrected chi connectivity index (χ4v) is 19.1. The third-order valence-electron chi connectivity index (χ3n) is 11.5. The van der Waals surface area contributed by atoms with Crippen LogP contribution in [0.5, 0.6) is 0 Å². The van der Waals surface area contributed by atoms with Crippen LogP contribution in [0.2, 0.25) is 0 Å². The third-order valence-corrected chi connectivity index (χ3v) is 19.6. The largest absolute Gasteiger partial charge is 0.247 e. The maximum Gasteiger partial charge on any atom is 0.103 e. The van der Waals surface area contributed by atoms with Gasteiger partial charge >= 0.3 is 0 Å². The molecule has 0 N–H and O–H groups in total. The van der Waals surface area contributed by atoms with E-state index in [-0.39, 0.29) is 17.1 Å². The van der Waals surface area contributed by atoms with Gasteiger partial charge in [0, 0.05) is 17.1 Å². The van der Waals surface area contributed by atoms with E-state index in [0.29, 0.717) is 15.8 Å². The van der Waals surface area contributed by atoms with Gasteiger partial charge in [-0.25, -0.2) is 4.39 Å². The predicted molar refractivity (Wildman–Crippen MR) is 182 cm³/mol. The minimum Gasteiger partial charge on any atom is -0.247 e. The first-order valence-electron chi connectivity index (χ1n) is 18.6. The average Bonchev–Trinajstić information content (AvgIpc) is 3.72. The zero-order valence-corrected chi connectivity index (χ0v) is 30.1. The second-order valence-corrected chi connectivity index (χ2v) is 20.5. The van der Waals surface area contributed by atoms with Crippen molar-refractivity contribution in [3.8, 4) is 0 Å². The van der Waals surface area contributed by atoms with E-state index in [4.69, 9.17) is 1.37 Å². The molecule has 0 heterocycles. The van der Waals surface area contributed by atoms with Crippen molar-refractivity contribution in [2.45, 2.75) is 214 Å². The van der Waals surface area contributed by atoms with Crippen molar-refractivity contribution in [1.82, 2.24) is 0 Å². The van der Waals surface area contributed by atoms with E-state index in [1.165, 1.54) is 59.6 Å². The minimum atomic E-state index is -1.50. The predicted octanol–water partition coefficient (Wildman–Crippen LogP) is 12.9. The zero-order valence-electron chi connectivity index (χ0n) is 27.0. The van der Waals surface area contributed by atoms with Gasteiger partial charge in [-0.3, -0.25) is 0 Å². The molecular weight excluding hydrogens is 588 g/mol. The van der Waals surface area contributed by atoms with Crippen LogP contribution in [0.4, 0.5) is 4.39 Å². The third kappa shape index (κ3) is 11.6. The number of hydrogen-bond acceptors (Lipinski definition) is 0. The molecule has 0 aromatic rings. The molecule has 0 spiro atoms. The van der Waals surface area contributed by atoms with Crippen molar-refractivity contribution >= 4 is 25.1 Å². The van der Waals surface area contributed by atoms with Gasteiger partial charge in [-0.2, -0.15) is 0 Å². The molecule has 0 aliphatic heterocycles. The molecule has 0 aromatic carbocycles. The molecule has 0 radical (unpaired) electrons. The van der Waals surface area contributed by atoms with E-state index in [1.807, 2.05) is 0 Å². The second kappa shape index (κ2) is 21.5. The topological polar surface area (TPSA) is 0 Å².